The van der Waals surface area contributed by atoms with Crippen LogP contribution >= 0.6 is 21.4 Å². The van der Waals surface area contributed by atoms with Crippen LogP contribution in [0.4, 0.5) is 0 Å². The van der Waals surface area contributed by atoms with Crippen LogP contribution in [0.3, 0.4) is 0 Å². The summed E-state index contributed by atoms with van der Waals surface area (Å²) in [7, 11) is 2.51. The first kappa shape index (κ1) is 16.0. The first-order valence-electron chi connectivity index (χ1n) is 5.09. The first-order chi connectivity index (χ1) is 7.82. The quantitative estimate of drug-likeness (QED) is 0.729. The van der Waals surface area contributed by atoms with E-state index in [2.05, 4.69) is 0 Å². The van der Waals surface area contributed by atoms with Crippen LogP contribution in [0, 0.1) is 0 Å². The van der Waals surface area contributed by atoms with Crippen LogP contribution in [0.1, 0.15) is 34.1 Å². The molecule has 0 radical (unpaired) electrons. The number of hydrogen-bond donors (Lipinski definition) is 0. The molecule has 104 valence electrons. The molecule has 0 saturated heterocycles. The topological polar surface area (TPSA) is 68.3 Å². The van der Waals surface area contributed by atoms with Gasteiger partial charge in [-0.25, -0.2) is 16.8 Å². The van der Waals surface area contributed by atoms with E-state index in [-0.39, 0.29) is 11.3 Å². The molecule has 0 spiro atoms. The second-order valence-corrected chi connectivity index (χ2v) is 10.1. The van der Waals surface area contributed by atoms with E-state index < -0.39 is 22.8 Å². The van der Waals surface area contributed by atoms with Crippen LogP contribution in [-0.2, 0) is 18.1 Å². The minimum absolute atomic E-state index is 0.0172. The van der Waals surface area contributed by atoms with Gasteiger partial charge in [0.25, 0.3) is 9.05 Å². The Bertz CT molecular complexity index is 656. The third-order valence-corrected chi connectivity index (χ3v) is 7.69. The van der Waals surface area contributed by atoms with Crippen LogP contribution < -0.4 is 0 Å². The smallest absolute Gasteiger partial charge is 0.211 e. The predicted molar refractivity (Wildman–Crippen MR) is 73.6 cm³/mol. The van der Waals surface area contributed by atoms with Crippen LogP contribution in [0.5, 0.6) is 0 Å². The fraction of sp³-hybridized carbons (Fsp3) is 0.600. The Labute approximate surface area is 117 Å². The van der Waals surface area contributed by atoms with Gasteiger partial charge in [-0.05, 0) is 45.3 Å². The number of rotatable bonds is 2. The fourth-order valence-electron chi connectivity index (χ4n) is 2.24. The molecule has 1 aliphatic carbocycles. The van der Waals surface area contributed by atoms with Gasteiger partial charge in [0.1, 0.15) is 4.75 Å². The molecular weight excluding hydrogens is 319 g/mol. The molecule has 1 aliphatic rings. The van der Waals surface area contributed by atoms with E-state index in [4.69, 9.17) is 21.4 Å². The Kier molecular flexibility index (Phi) is 4.01. The molecule has 0 N–H and O–H groups in total. The van der Waals surface area contributed by atoms with Gasteiger partial charge in [-0.2, -0.15) is 0 Å². The zero-order valence-electron chi connectivity index (χ0n) is 10.4. The number of halogens is 2. The molecule has 8 heteroatoms. The standard InChI is InChI=1S/C10H14Cl2O4S2/c1-6-5-10(4,18(12,15)16)9(17(11,13)14)8(3)7(6)2/h5H2,1-4H3/t10-/m1/s1. The third-order valence-electron chi connectivity index (χ3n) is 3.41. The Morgan fingerprint density at radius 3 is 1.78 bits per heavy atom. The van der Waals surface area contributed by atoms with Gasteiger partial charge in [0.05, 0.1) is 4.91 Å². The van der Waals surface area contributed by atoms with E-state index in [1.54, 1.807) is 13.8 Å². The van der Waals surface area contributed by atoms with E-state index in [9.17, 15) is 16.8 Å². The van der Waals surface area contributed by atoms with Crippen molar-refractivity contribution in [2.45, 2.75) is 38.9 Å². The molecular formula is C10H14Cl2O4S2. The third kappa shape index (κ3) is 2.48. The Morgan fingerprint density at radius 2 is 1.44 bits per heavy atom. The fourth-order valence-corrected chi connectivity index (χ4v) is 6.30. The molecule has 0 heterocycles. The van der Waals surface area contributed by atoms with Crippen molar-refractivity contribution >= 4 is 39.5 Å². The minimum atomic E-state index is -4.17. The van der Waals surface area contributed by atoms with Gasteiger partial charge in [0.15, 0.2) is 0 Å². The lowest BCUT2D eigenvalue weighted by Gasteiger charge is -2.34. The highest BCUT2D eigenvalue weighted by Gasteiger charge is 2.50. The lowest BCUT2D eigenvalue weighted by atomic mass is 9.86. The molecule has 4 nitrogen and oxygen atoms in total. The molecule has 0 unspecified atom stereocenters. The van der Waals surface area contributed by atoms with Gasteiger partial charge in [-0.1, -0.05) is 5.57 Å². The maximum absolute atomic E-state index is 11.7. The Balaban J connectivity index is 3.83. The zero-order chi connectivity index (χ0) is 14.5. The highest BCUT2D eigenvalue weighted by atomic mass is 35.7. The normalized spacial score (nSPS) is 26.8. The van der Waals surface area contributed by atoms with Crippen molar-refractivity contribution in [3.05, 3.63) is 21.6 Å². The summed E-state index contributed by atoms with van der Waals surface area (Å²) >= 11 is 0. The molecule has 1 rings (SSSR count). The molecule has 0 amide bonds. The molecule has 0 aromatic rings. The van der Waals surface area contributed by atoms with E-state index in [1.165, 1.54) is 13.8 Å². The maximum atomic E-state index is 11.7. The van der Waals surface area contributed by atoms with E-state index >= 15 is 0 Å². The average Bonchev–Trinajstić information content (AvgIpc) is 2.10. The van der Waals surface area contributed by atoms with E-state index in [1.807, 2.05) is 0 Å². The number of allylic oxidation sites excluding steroid dienone is 3. The summed E-state index contributed by atoms with van der Waals surface area (Å²) in [5, 5.41) is 0. The lowest BCUT2D eigenvalue weighted by Crippen LogP contribution is -2.39. The van der Waals surface area contributed by atoms with Crippen molar-refractivity contribution in [2.75, 3.05) is 0 Å². The number of hydrogen-bond acceptors (Lipinski definition) is 4. The maximum Gasteiger partial charge on any atom is 0.259 e. The van der Waals surface area contributed by atoms with Gasteiger partial charge in [-0.15, -0.1) is 0 Å². The van der Waals surface area contributed by atoms with Gasteiger partial charge in [-0.3, -0.25) is 0 Å². The largest absolute Gasteiger partial charge is 0.259 e. The minimum Gasteiger partial charge on any atom is -0.211 e. The second-order valence-electron chi connectivity index (χ2n) is 4.64. The SMILES string of the molecule is CC1=C(C)C(C)=C(S(=O)(=O)Cl)[C@](C)(S(=O)(=O)Cl)C1. The first-order valence-corrected chi connectivity index (χ1v) is 9.71. The van der Waals surface area contributed by atoms with Crippen LogP contribution in [0.2, 0.25) is 0 Å². The summed E-state index contributed by atoms with van der Waals surface area (Å²) in [5.74, 6) is 0. The van der Waals surface area contributed by atoms with Gasteiger partial charge in [0, 0.05) is 21.4 Å². The van der Waals surface area contributed by atoms with Gasteiger partial charge >= 0.3 is 0 Å². The highest BCUT2D eigenvalue weighted by Crippen LogP contribution is 2.46. The predicted octanol–water partition coefficient (Wildman–Crippen LogP) is 2.90. The average molecular weight is 333 g/mol. The van der Waals surface area contributed by atoms with Crippen LogP contribution in [0.15, 0.2) is 21.6 Å². The summed E-state index contributed by atoms with van der Waals surface area (Å²) < 4.78 is 45.1. The van der Waals surface area contributed by atoms with Gasteiger partial charge in [0.2, 0.25) is 9.05 Å². The molecule has 0 aliphatic heterocycles. The molecule has 18 heavy (non-hydrogen) atoms. The van der Waals surface area contributed by atoms with Crippen molar-refractivity contribution in [3.8, 4) is 0 Å². The molecule has 0 bridgehead atoms. The molecule has 0 aromatic heterocycles. The molecule has 1 atom stereocenters. The summed E-state index contributed by atoms with van der Waals surface area (Å²) in [5.41, 5.74) is 1.86. The van der Waals surface area contributed by atoms with Crippen LogP contribution in [0.25, 0.3) is 0 Å². The summed E-state index contributed by atoms with van der Waals surface area (Å²) in [6, 6.07) is 0. The van der Waals surface area contributed by atoms with Crippen molar-refractivity contribution in [3.63, 3.8) is 0 Å². The highest BCUT2D eigenvalue weighted by molar-refractivity contribution is 8.19. The Morgan fingerprint density at radius 1 is 1.00 bits per heavy atom. The van der Waals surface area contributed by atoms with Gasteiger partial charge < -0.3 is 0 Å². The Hall–Kier alpha value is -0.0400. The monoisotopic (exact) mass is 332 g/mol. The zero-order valence-corrected chi connectivity index (χ0v) is 13.6. The lowest BCUT2D eigenvalue weighted by molar-refractivity contribution is 0.561. The van der Waals surface area contributed by atoms with Crippen LogP contribution in [-0.4, -0.2) is 21.6 Å². The second kappa shape index (κ2) is 4.51. The van der Waals surface area contributed by atoms with Crippen molar-refractivity contribution < 1.29 is 16.8 Å². The summed E-state index contributed by atoms with van der Waals surface area (Å²) in [6.07, 6.45) is 0.0172. The van der Waals surface area contributed by atoms with Crippen molar-refractivity contribution in [1.29, 1.82) is 0 Å². The molecule has 0 aromatic carbocycles. The molecule has 0 saturated carbocycles. The van der Waals surface area contributed by atoms with Crippen molar-refractivity contribution in [1.82, 2.24) is 0 Å². The molecule has 0 fully saturated rings. The van der Waals surface area contributed by atoms with Crippen molar-refractivity contribution in [2.24, 2.45) is 0 Å². The van der Waals surface area contributed by atoms with E-state index in [0.717, 1.165) is 11.1 Å². The van der Waals surface area contributed by atoms with E-state index in [0.29, 0.717) is 5.57 Å². The summed E-state index contributed by atoms with van der Waals surface area (Å²) in [6.45, 7) is 6.29. The summed E-state index contributed by atoms with van der Waals surface area (Å²) in [4.78, 5) is -0.324.